The Hall–Kier alpha value is -2.05. The highest BCUT2D eigenvalue weighted by Gasteiger charge is 2.22. The molecule has 19 heavy (non-hydrogen) atoms. The van der Waals surface area contributed by atoms with Crippen molar-refractivity contribution in [2.75, 3.05) is 5.73 Å². The van der Waals surface area contributed by atoms with Gasteiger partial charge in [-0.2, -0.15) is 0 Å². The quantitative estimate of drug-likeness (QED) is 0.454. The van der Waals surface area contributed by atoms with Gasteiger partial charge in [0.2, 0.25) is 0 Å². The number of hydrazine groups is 1. The van der Waals surface area contributed by atoms with Crippen LogP contribution in [0.1, 0.15) is 17.2 Å². The van der Waals surface area contributed by atoms with Crippen molar-refractivity contribution in [3.8, 4) is 0 Å². The second-order valence-corrected chi connectivity index (χ2v) is 4.01. The smallest absolute Gasteiger partial charge is 0.131 e. The lowest BCUT2D eigenvalue weighted by atomic mass is 9.96. The van der Waals surface area contributed by atoms with E-state index in [0.29, 0.717) is 0 Å². The summed E-state index contributed by atoms with van der Waals surface area (Å²) in [4.78, 5) is 0. The van der Waals surface area contributed by atoms with E-state index in [-0.39, 0.29) is 16.8 Å². The Morgan fingerprint density at radius 2 is 1.63 bits per heavy atom. The molecule has 0 spiro atoms. The van der Waals surface area contributed by atoms with Crippen LogP contribution in [0.3, 0.4) is 0 Å². The van der Waals surface area contributed by atoms with Crippen LogP contribution in [-0.4, -0.2) is 0 Å². The monoisotopic (exact) mass is 267 g/mol. The van der Waals surface area contributed by atoms with Gasteiger partial charge in [-0.05, 0) is 30.3 Å². The van der Waals surface area contributed by atoms with E-state index in [4.69, 9.17) is 11.6 Å². The van der Waals surface area contributed by atoms with Crippen molar-refractivity contribution in [1.82, 2.24) is 5.43 Å². The van der Waals surface area contributed by atoms with Crippen LogP contribution in [-0.2, 0) is 0 Å². The van der Waals surface area contributed by atoms with Gasteiger partial charge in [-0.25, -0.2) is 18.6 Å². The summed E-state index contributed by atoms with van der Waals surface area (Å²) in [5.74, 6) is 3.19. The average Bonchev–Trinajstić information content (AvgIpc) is 2.37. The maximum absolute atomic E-state index is 13.7. The maximum atomic E-state index is 13.7. The molecule has 0 heterocycles. The fraction of sp³-hybridized carbons (Fsp3) is 0.0769. The van der Waals surface area contributed by atoms with Gasteiger partial charge in [-0.15, -0.1) is 0 Å². The van der Waals surface area contributed by atoms with Gasteiger partial charge in [0, 0.05) is 16.8 Å². The van der Waals surface area contributed by atoms with Crippen LogP contribution in [0.15, 0.2) is 36.4 Å². The fourth-order valence-corrected chi connectivity index (χ4v) is 1.91. The van der Waals surface area contributed by atoms with Crippen molar-refractivity contribution in [3.05, 3.63) is 65.0 Å². The zero-order chi connectivity index (χ0) is 14.0. The van der Waals surface area contributed by atoms with Gasteiger partial charge in [-0.3, -0.25) is 5.84 Å². The van der Waals surface area contributed by atoms with Crippen LogP contribution in [0.5, 0.6) is 0 Å². The van der Waals surface area contributed by atoms with E-state index < -0.39 is 23.5 Å². The highest BCUT2D eigenvalue weighted by atomic mass is 19.1. The van der Waals surface area contributed by atoms with Crippen molar-refractivity contribution < 1.29 is 13.2 Å². The minimum absolute atomic E-state index is 0.173. The summed E-state index contributed by atoms with van der Waals surface area (Å²) >= 11 is 0. The van der Waals surface area contributed by atoms with E-state index in [1.807, 2.05) is 0 Å². The molecule has 2 aromatic rings. The number of hydrogen-bond donors (Lipinski definition) is 3. The highest BCUT2D eigenvalue weighted by Crippen LogP contribution is 2.30. The van der Waals surface area contributed by atoms with Gasteiger partial charge in [0.05, 0.1) is 6.04 Å². The molecule has 0 saturated heterocycles. The molecule has 0 aliphatic heterocycles. The van der Waals surface area contributed by atoms with E-state index in [1.165, 1.54) is 12.1 Å². The molecule has 100 valence electrons. The van der Waals surface area contributed by atoms with Crippen LogP contribution < -0.4 is 17.0 Å². The Bertz CT molecular complexity index is 581. The molecule has 5 N–H and O–H groups in total. The second-order valence-electron chi connectivity index (χ2n) is 4.01. The predicted octanol–water partition coefficient (Wildman–Crippen LogP) is 2.24. The van der Waals surface area contributed by atoms with Crippen molar-refractivity contribution >= 4 is 5.69 Å². The summed E-state index contributed by atoms with van der Waals surface area (Å²) < 4.78 is 40.7. The Morgan fingerprint density at radius 1 is 1.00 bits per heavy atom. The molecule has 0 aliphatic rings. The largest absolute Gasteiger partial charge is 0.398 e. The third kappa shape index (κ3) is 2.54. The van der Waals surface area contributed by atoms with Crippen LogP contribution in [0, 0.1) is 17.5 Å². The minimum Gasteiger partial charge on any atom is -0.398 e. The van der Waals surface area contributed by atoms with Crippen molar-refractivity contribution in [3.63, 3.8) is 0 Å². The van der Waals surface area contributed by atoms with Gasteiger partial charge >= 0.3 is 0 Å². The predicted molar refractivity (Wildman–Crippen MR) is 66.3 cm³/mol. The second kappa shape index (κ2) is 5.29. The Labute approximate surface area is 108 Å². The first kappa shape index (κ1) is 13.4. The lowest BCUT2D eigenvalue weighted by Crippen LogP contribution is -2.31. The SMILES string of the molecule is NNC(c1cc(F)ccc1N)c1c(F)cccc1F. The van der Waals surface area contributed by atoms with Crippen LogP contribution in [0.25, 0.3) is 0 Å². The average molecular weight is 267 g/mol. The van der Waals surface area contributed by atoms with Crippen LogP contribution in [0.2, 0.25) is 0 Å². The van der Waals surface area contributed by atoms with Crippen molar-refractivity contribution in [1.29, 1.82) is 0 Å². The number of nitrogens with one attached hydrogen (secondary N) is 1. The van der Waals surface area contributed by atoms with Gasteiger partial charge < -0.3 is 5.73 Å². The molecule has 0 aliphatic carbocycles. The summed E-state index contributed by atoms with van der Waals surface area (Å²) in [6.45, 7) is 0. The highest BCUT2D eigenvalue weighted by molar-refractivity contribution is 5.51. The summed E-state index contributed by atoms with van der Waals surface area (Å²) in [5, 5.41) is 0. The maximum Gasteiger partial charge on any atom is 0.131 e. The normalized spacial score (nSPS) is 12.4. The third-order valence-corrected chi connectivity index (χ3v) is 2.81. The number of hydrogen-bond acceptors (Lipinski definition) is 3. The first-order valence-electron chi connectivity index (χ1n) is 5.49. The molecule has 0 aromatic heterocycles. The van der Waals surface area contributed by atoms with Crippen molar-refractivity contribution in [2.45, 2.75) is 6.04 Å². The molecular formula is C13H12F3N3. The summed E-state index contributed by atoms with van der Waals surface area (Å²) in [6, 6.07) is 5.91. The molecule has 3 nitrogen and oxygen atoms in total. The molecule has 1 unspecified atom stereocenters. The number of rotatable bonds is 3. The molecule has 2 aromatic carbocycles. The zero-order valence-electron chi connectivity index (χ0n) is 9.83. The number of benzene rings is 2. The number of nitrogen functional groups attached to an aromatic ring is 1. The van der Waals surface area contributed by atoms with Crippen LogP contribution in [0.4, 0.5) is 18.9 Å². The molecule has 1 atom stereocenters. The Balaban J connectivity index is 2.59. The molecule has 2 rings (SSSR count). The molecule has 6 heteroatoms. The molecule has 0 fully saturated rings. The first-order chi connectivity index (χ1) is 9.04. The zero-order valence-corrected chi connectivity index (χ0v) is 9.83. The van der Waals surface area contributed by atoms with Gasteiger partial charge in [-0.1, -0.05) is 6.07 Å². The third-order valence-electron chi connectivity index (χ3n) is 2.81. The van der Waals surface area contributed by atoms with E-state index in [2.05, 4.69) is 5.43 Å². The molecule has 0 bridgehead atoms. The van der Waals surface area contributed by atoms with E-state index >= 15 is 0 Å². The Morgan fingerprint density at radius 3 is 2.21 bits per heavy atom. The fourth-order valence-electron chi connectivity index (χ4n) is 1.91. The number of halogens is 3. The first-order valence-corrected chi connectivity index (χ1v) is 5.49. The van der Waals surface area contributed by atoms with E-state index in [0.717, 1.165) is 24.3 Å². The minimum atomic E-state index is -1.07. The number of anilines is 1. The lowest BCUT2D eigenvalue weighted by Gasteiger charge is -2.20. The molecular weight excluding hydrogens is 255 g/mol. The van der Waals surface area contributed by atoms with E-state index in [9.17, 15) is 13.2 Å². The standard InChI is InChI=1S/C13H12F3N3/c14-7-4-5-11(17)8(6-7)13(19-18)12-9(15)2-1-3-10(12)16/h1-6,13,19H,17-18H2. The summed E-state index contributed by atoms with van der Waals surface area (Å²) in [6.07, 6.45) is 0. The molecule has 0 saturated carbocycles. The van der Waals surface area contributed by atoms with Gasteiger partial charge in [0.1, 0.15) is 17.5 Å². The summed E-state index contributed by atoms with van der Waals surface area (Å²) in [7, 11) is 0. The topological polar surface area (TPSA) is 64.1 Å². The van der Waals surface area contributed by atoms with Gasteiger partial charge in [0.25, 0.3) is 0 Å². The van der Waals surface area contributed by atoms with Gasteiger partial charge in [0.15, 0.2) is 0 Å². The van der Waals surface area contributed by atoms with E-state index in [1.54, 1.807) is 0 Å². The Kier molecular flexibility index (Phi) is 3.73. The van der Waals surface area contributed by atoms with Crippen LogP contribution >= 0.6 is 0 Å². The number of nitrogens with two attached hydrogens (primary N) is 2. The van der Waals surface area contributed by atoms with Crippen molar-refractivity contribution in [2.24, 2.45) is 5.84 Å². The molecule has 0 amide bonds. The molecule has 0 radical (unpaired) electrons. The summed E-state index contributed by atoms with van der Waals surface area (Å²) in [5.41, 5.74) is 8.01. The lowest BCUT2D eigenvalue weighted by molar-refractivity contribution is 0.509.